The van der Waals surface area contributed by atoms with Crippen LogP contribution in [0.2, 0.25) is 0 Å². The maximum Gasteiger partial charge on any atom is 0.260 e. The molecule has 1 fully saturated rings. The zero-order valence-corrected chi connectivity index (χ0v) is 12.9. The number of rotatable bonds is 3. The molecule has 1 aliphatic rings. The van der Waals surface area contributed by atoms with Gasteiger partial charge in [-0.2, -0.15) is 0 Å². The third kappa shape index (κ3) is 2.83. The van der Waals surface area contributed by atoms with E-state index in [-0.39, 0.29) is 22.5 Å². The Bertz CT molecular complexity index is 728. The fourth-order valence-electron chi connectivity index (χ4n) is 3.27. The van der Waals surface area contributed by atoms with E-state index < -0.39 is 5.82 Å². The highest BCUT2D eigenvalue weighted by Gasteiger charge is 2.27. The highest BCUT2D eigenvalue weighted by atomic mass is 19.1. The summed E-state index contributed by atoms with van der Waals surface area (Å²) in [5, 5.41) is 3.57. The van der Waals surface area contributed by atoms with Crippen LogP contribution in [0.15, 0.2) is 23.0 Å². The predicted molar refractivity (Wildman–Crippen MR) is 85.7 cm³/mol. The SMILES string of the molecule is CN(C)[C@@H]1CCCC[C@H]1Nc1nc2c(F)cccc2c(=O)[nH]1. The number of hydrogen-bond donors (Lipinski definition) is 2. The molecule has 1 aromatic heterocycles. The number of fused-ring (bicyclic) bond motifs is 1. The lowest BCUT2D eigenvalue weighted by Crippen LogP contribution is -2.45. The Morgan fingerprint density at radius 2 is 2.09 bits per heavy atom. The minimum Gasteiger partial charge on any atom is -0.351 e. The standard InChI is InChI=1S/C16H21FN4O/c1-21(2)13-9-4-3-8-12(13)18-16-19-14-10(15(22)20-16)6-5-7-11(14)17/h5-7,12-13H,3-4,8-9H2,1-2H3,(H2,18,19,20,22)/t12-,13-/m1/s1. The molecule has 0 bridgehead atoms. The maximum atomic E-state index is 13.9. The molecular weight excluding hydrogens is 283 g/mol. The summed E-state index contributed by atoms with van der Waals surface area (Å²) >= 11 is 0. The van der Waals surface area contributed by atoms with Crippen molar-refractivity contribution in [2.24, 2.45) is 0 Å². The van der Waals surface area contributed by atoms with E-state index in [4.69, 9.17) is 0 Å². The van der Waals surface area contributed by atoms with Gasteiger partial charge >= 0.3 is 0 Å². The van der Waals surface area contributed by atoms with Crippen molar-refractivity contribution in [2.45, 2.75) is 37.8 Å². The number of para-hydroxylation sites is 1. The predicted octanol–water partition coefficient (Wildman–Crippen LogP) is 2.35. The average Bonchev–Trinajstić information content (AvgIpc) is 2.49. The molecule has 0 amide bonds. The van der Waals surface area contributed by atoms with Crippen LogP contribution in [0, 0.1) is 5.82 Å². The van der Waals surface area contributed by atoms with Crippen molar-refractivity contribution in [1.29, 1.82) is 0 Å². The van der Waals surface area contributed by atoms with Crippen LogP contribution in [-0.2, 0) is 0 Å². The normalized spacial score (nSPS) is 22.2. The molecule has 1 aliphatic carbocycles. The van der Waals surface area contributed by atoms with E-state index in [0.29, 0.717) is 12.0 Å². The van der Waals surface area contributed by atoms with Gasteiger partial charge in [-0.3, -0.25) is 9.78 Å². The van der Waals surface area contributed by atoms with Gasteiger partial charge in [0.25, 0.3) is 5.56 Å². The second-order valence-corrected chi connectivity index (χ2v) is 6.12. The Hall–Kier alpha value is -1.95. The van der Waals surface area contributed by atoms with Crippen molar-refractivity contribution in [2.75, 3.05) is 19.4 Å². The van der Waals surface area contributed by atoms with Gasteiger partial charge in [-0.05, 0) is 39.1 Å². The zero-order chi connectivity index (χ0) is 15.7. The number of hydrogen-bond acceptors (Lipinski definition) is 4. The third-order valence-electron chi connectivity index (χ3n) is 4.40. The summed E-state index contributed by atoms with van der Waals surface area (Å²) in [6.07, 6.45) is 4.48. The lowest BCUT2D eigenvalue weighted by molar-refractivity contribution is 0.211. The van der Waals surface area contributed by atoms with E-state index in [0.717, 1.165) is 19.3 Å². The zero-order valence-electron chi connectivity index (χ0n) is 12.9. The quantitative estimate of drug-likeness (QED) is 0.914. The number of nitrogens with zero attached hydrogens (tertiary/aromatic N) is 2. The molecule has 1 aromatic carbocycles. The first kappa shape index (κ1) is 15.0. The van der Waals surface area contributed by atoms with Gasteiger partial charge in [0.15, 0.2) is 0 Å². The second kappa shape index (κ2) is 6.04. The molecule has 0 spiro atoms. The first-order valence-corrected chi connectivity index (χ1v) is 7.68. The second-order valence-electron chi connectivity index (χ2n) is 6.12. The van der Waals surface area contributed by atoms with Gasteiger partial charge < -0.3 is 10.2 Å². The van der Waals surface area contributed by atoms with E-state index in [9.17, 15) is 9.18 Å². The fraction of sp³-hybridized carbons (Fsp3) is 0.500. The summed E-state index contributed by atoms with van der Waals surface area (Å²) in [4.78, 5) is 21.3. The van der Waals surface area contributed by atoms with Crippen LogP contribution < -0.4 is 10.9 Å². The van der Waals surface area contributed by atoms with Crippen molar-refractivity contribution in [3.05, 3.63) is 34.4 Å². The van der Waals surface area contributed by atoms with Gasteiger partial charge in [0.1, 0.15) is 11.3 Å². The van der Waals surface area contributed by atoms with E-state index >= 15 is 0 Å². The highest BCUT2D eigenvalue weighted by Crippen LogP contribution is 2.24. The summed E-state index contributed by atoms with van der Waals surface area (Å²) in [5.41, 5.74) is -0.199. The average molecular weight is 304 g/mol. The van der Waals surface area contributed by atoms with Crippen molar-refractivity contribution >= 4 is 16.9 Å². The Labute approximate surface area is 128 Å². The molecular formula is C16H21FN4O. The van der Waals surface area contributed by atoms with Crippen molar-refractivity contribution in [3.8, 4) is 0 Å². The molecule has 6 heteroatoms. The summed E-state index contributed by atoms with van der Waals surface area (Å²) in [6, 6.07) is 5.01. The molecule has 2 atom stereocenters. The van der Waals surface area contributed by atoms with Crippen LogP contribution in [0.4, 0.5) is 10.3 Å². The number of anilines is 1. The lowest BCUT2D eigenvalue weighted by atomic mass is 9.89. The van der Waals surface area contributed by atoms with Gasteiger partial charge in [0.2, 0.25) is 5.95 Å². The number of benzene rings is 1. The molecule has 5 nitrogen and oxygen atoms in total. The molecule has 1 saturated carbocycles. The molecule has 0 aliphatic heterocycles. The minimum absolute atomic E-state index is 0.117. The van der Waals surface area contributed by atoms with Crippen molar-refractivity contribution in [1.82, 2.24) is 14.9 Å². The summed E-state index contributed by atoms with van der Waals surface area (Å²) < 4.78 is 13.9. The fourth-order valence-corrected chi connectivity index (χ4v) is 3.27. The van der Waals surface area contributed by atoms with Crippen molar-refractivity contribution in [3.63, 3.8) is 0 Å². The van der Waals surface area contributed by atoms with Crippen LogP contribution in [-0.4, -0.2) is 41.0 Å². The molecule has 0 unspecified atom stereocenters. The molecule has 1 heterocycles. The molecule has 0 saturated heterocycles. The third-order valence-corrected chi connectivity index (χ3v) is 4.40. The molecule has 3 rings (SSSR count). The van der Waals surface area contributed by atoms with Crippen LogP contribution in [0.1, 0.15) is 25.7 Å². The Morgan fingerprint density at radius 3 is 2.86 bits per heavy atom. The number of H-pyrrole nitrogens is 1. The van der Waals surface area contributed by atoms with Gasteiger partial charge in [0, 0.05) is 12.1 Å². The van der Waals surface area contributed by atoms with Gasteiger partial charge in [-0.15, -0.1) is 0 Å². The largest absolute Gasteiger partial charge is 0.351 e. The van der Waals surface area contributed by atoms with Gasteiger partial charge in [0.05, 0.1) is 5.39 Å². The number of likely N-dealkylation sites (N-methyl/N-ethyl adjacent to an activating group) is 1. The first-order chi connectivity index (χ1) is 10.6. The van der Waals surface area contributed by atoms with Crippen molar-refractivity contribution < 1.29 is 4.39 Å². The summed E-state index contributed by atoms with van der Waals surface area (Å²) in [5.74, 6) is -0.124. The van der Waals surface area contributed by atoms with Gasteiger partial charge in [-0.1, -0.05) is 18.9 Å². The van der Waals surface area contributed by atoms with Crippen LogP contribution in [0.25, 0.3) is 10.9 Å². The Morgan fingerprint density at radius 1 is 1.32 bits per heavy atom. The number of aromatic nitrogens is 2. The highest BCUT2D eigenvalue weighted by molar-refractivity contribution is 5.78. The van der Waals surface area contributed by atoms with E-state index in [1.54, 1.807) is 6.07 Å². The Kier molecular flexibility index (Phi) is 4.11. The van der Waals surface area contributed by atoms with E-state index in [1.807, 2.05) is 0 Å². The molecule has 2 aromatic rings. The number of aromatic amines is 1. The van der Waals surface area contributed by atoms with Crippen LogP contribution >= 0.6 is 0 Å². The molecule has 2 N–H and O–H groups in total. The summed E-state index contributed by atoms with van der Waals surface area (Å²) in [6.45, 7) is 0. The topological polar surface area (TPSA) is 61.0 Å². The van der Waals surface area contributed by atoms with E-state index in [2.05, 4.69) is 34.3 Å². The monoisotopic (exact) mass is 304 g/mol. The van der Waals surface area contributed by atoms with E-state index in [1.165, 1.54) is 18.6 Å². The van der Waals surface area contributed by atoms with Gasteiger partial charge in [-0.25, -0.2) is 9.37 Å². The lowest BCUT2D eigenvalue weighted by Gasteiger charge is -2.36. The van der Waals surface area contributed by atoms with Crippen LogP contribution in [0.5, 0.6) is 0 Å². The molecule has 118 valence electrons. The van der Waals surface area contributed by atoms with Crippen LogP contribution in [0.3, 0.4) is 0 Å². The Balaban J connectivity index is 1.93. The summed E-state index contributed by atoms with van der Waals surface area (Å²) in [7, 11) is 4.11. The molecule has 0 radical (unpaired) electrons. The number of halogens is 1. The minimum atomic E-state index is -0.473. The smallest absolute Gasteiger partial charge is 0.260 e. The maximum absolute atomic E-state index is 13.9. The number of nitrogens with one attached hydrogen (secondary N) is 2. The molecule has 22 heavy (non-hydrogen) atoms. The first-order valence-electron chi connectivity index (χ1n) is 7.68.